The fraction of sp³-hybridized carbons (Fsp3) is 0.286. The first-order valence-corrected chi connectivity index (χ1v) is 6.70. The molecule has 0 N–H and O–H groups in total. The van der Waals surface area contributed by atoms with Gasteiger partial charge in [0.05, 0.1) is 5.69 Å². The minimum atomic E-state index is -0.209. The second-order valence-electron chi connectivity index (χ2n) is 4.15. The molecule has 94 valence electrons. The maximum atomic E-state index is 13.6. The lowest BCUT2D eigenvalue weighted by Gasteiger charge is -2.08. The van der Waals surface area contributed by atoms with Gasteiger partial charge in [-0.3, -0.25) is 0 Å². The Balaban J connectivity index is 2.53. The molecule has 0 aliphatic rings. The first-order valence-electron chi connectivity index (χ1n) is 5.90. The number of halogens is 2. The molecule has 0 aliphatic heterocycles. The van der Waals surface area contributed by atoms with Crippen molar-refractivity contribution in [2.45, 2.75) is 26.7 Å². The summed E-state index contributed by atoms with van der Waals surface area (Å²) in [6.07, 6.45) is 1.80. The first kappa shape index (κ1) is 13.1. The van der Waals surface area contributed by atoms with Crippen LogP contribution in [0.15, 0.2) is 28.9 Å². The van der Waals surface area contributed by atoms with E-state index in [0.29, 0.717) is 5.56 Å². The van der Waals surface area contributed by atoms with E-state index in [1.807, 2.05) is 12.1 Å². The molecule has 2 rings (SSSR count). The summed E-state index contributed by atoms with van der Waals surface area (Å²) >= 11 is 3.38. The van der Waals surface area contributed by atoms with E-state index in [2.05, 4.69) is 32.8 Å². The summed E-state index contributed by atoms with van der Waals surface area (Å²) in [4.78, 5) is 8.80. The zero-order valence-corrected chi connectivity index (χ0v) is 12.0. The zero-order chi connectivity index (χ0) is 13.1. The van der Waals surface area contributed by atoms with Crippen molar-refractivity contribution in [1.82, 2.24) is 9.97 Å². The Morgan fingerprint density at radius 2 is 2.06 bits per heavy atom. The van der Waals surface area contributed by atoms with E-state index in [1.54, 1.807) is 13.0 Å². The topological polar surface area (TPSA) is 25.8 Å². The van der Waals surface area contributed by atoms with Crippen molar-refractivity contribution in [3.05, 3.63) is 46.1 Å². The third-order valence-electron chi connectivity index (χ3n) is 2.76. The van der Waals surface area contributed by atoms with Gasteiger partial charge in [-0.25, -0.2) is 14.4 Å². The Morgan fingerprint density at radius 1 is 1.28 bits per heavy atom. The maximum Gasteiger partial charge on any atom is 0.130 e. The fourth-order valence-electron chi connectivity index (χ4n) is 1.82. The van der Waals surface area contributed by atoms with E-state index in [9.17, 15) is 4.39 Å². The van der Waals surface area contributed by atoms with E-state index in [4.69, 9.17) is 0 Å². The number of aryl methyl sites for hydroxylation is 1. The minimum absolute atomic E-state index is 0.209. The third-order valence-corrected chi connectivity index (χ3v) is 3.16. The second-order valence-corrected chi connectivity index (χ2v) is 4.97. The van der Waals surface area contributed by atoms with Crippen LogP contribution in [0.5, 0.6) is 0 Å². The van der Waals surface area contributed by atoms with Gasteiger partial charge in [-0.15, -0.1) is 0 Å². The smallest absolute Gasteiger partial charge is 0.130 e. The van der Waals surface area contributed by atoms with Crippen molar-refractivity contribution < 1.29 is 4.39 Å². The molecule has 1 aromatic carbocycles. The predicted molar refractivity (Wildman–Crippen MR) is 73.9 cm³/mol. The summed E-state index contributed by atoms with van der Waals surface area (Å²) in [5.74, 6) is 0.574. The van der Waals surface area contributed by atoms with Gasteiger partial charge >= 0.3 is 0 Å². The summed E-state index contributed by atoms with van der Waals surface area (Å²) < 4.78 is 14.3. The van der Waals surface area contributed by atoms with Gasteiger partial charge < -0.3 is 0 Å². The Bertz CT molecular complexity index is 570. The maximum absolute atomic E-state index is 13.6. The molecule has 0 spiro atoms. The van der Waals surface area contributed by atoms with Crippen LogP contribution in [0.25, 0.3) is 11.3 Å². The molecule has 0 fully saturated rings. The second kappa shape index (κ2) is 5.57. The van der Waals surface area contributed by atoms with Gasteiger partial charge in [-0.05, 0) is 47.0 Å². The van der Waals surface area contributed by atoms with Crippen LogP contribution in [0, 0.1) is 12.7 Å². The Labute approximate surface area is 114 Å². The SMILES string of the molecule is CCCc1nc(Br)cc(-c2cccc(F)c2C)n1. The van der Waals surface area contributed by atoms with Gasteiger partial charge in [-0.1, -0.05) is 19.1 Å². The Kier molecular flexibility index (Phi) is 4.07. The van der Waals surface area contributed by atoms with Crippen LogP contribution in [-0.4, -0.2) is 9.97 Å². The van der Waals surface area contributed by atoms with Crippen LogP contribution >= 0.6 is 15.9 Å². The van der Waals surface area contributed by atoms with Crippen LogP contribution in [0.3, 0.4) is 0 Å². The summed E-state index contributed by atoms with van der Waals surface area (Å²) in [5.41, 5.74) is 2.19. The fourth-order valence-corrected chi connectivity index (χ4v) is 2.24. The van der Waals surface area contributed by atoms with Gasteiger partial charge in [0.15, 0.2) is 0 Å². The highest BCUT2D eigenvalue weighted by Gasteiger charge is 2.09. The van der Waals surface area contributed by atoms with E-state index in [-0.39, 0.29) is 5.82 Å². The number of hydrogen-bond acceptors (Lipinski definition) is 2. The van der Waals surface area contributed by atoms with Crippen LogP contribution in [0.2, 0.25) is 0 Å². The lowest BCUT2D eigenvalue weighted by molar-refractivity contribution is 0.619. The molecule has 2 nitrogen and oxygen atoms in total. The molecule has 0 bridgehead atoms. The molecule has 0 radical (unpaired) electrons. The Hall–Kier alpha value is -1.29. The van der Waals surface area contributed by atoms with Crippen molar-refractivity contribution in [1.29, 1.82) is 0 Å². The third kappa shape index (κ3) is 2.75. The standard InChI is InChI=1S/C14H14BrFN2/c1-3-5-14-17-12(8-13(15)18-14)10-6-4-7-11(16)9(10)2/h4,6-8H,3,5H2,1-2H3. The summed E-state index contributed by atoms with van der Waals surface area (Å²) in [7, 11) is 0. The molecule has 1 aromatic heterocycles. The molecule has 18 heavy (non-hydrogen) atoms. The summed E-state index contributed by atoms with van der Waals surface area (Å²) in [5, 5.41) is 0. The molecule has 0 unspecified atom stereocenters. The summed E-state index contributed by atoms with van der Waals surface area (Å²) in [6.45, 7) is 3.84. The van der Waals surface area contributed by atoms with Gasteiger partial charge in [0.25, 0.3) is 0 Å². The molecule has 0 amide bonds. The quantitative estimate of drug-likeness (QED) is 0.790. The molecule has 0 aliphatic carbocycles. The van der Waals surface area contributed by atoms with Gasteiger partial charge in [-0.2, -0.15) is 0 Å². The Morgan fingerprint density at radius 3 is 2.78 bits per heavy atom. The average molecular weight is 309 g/mol. The molecule has 4 heteroatoms. The average Bonchev–Trinajstić information content (AvgIpc) is 2.32. The first-order chi connectivity index (χ1) is 8.61. The van der Waals surface area contributed by atoms with Crippen molar-refractivity contribution in [3.8, 4) is 11.3 Å². The van der Waals surface area contributed by atoms with Gasteiger partial charge in [0.2, 0.25) is 0 Å². The number of rotatable bonds is 3. The monoisotopic (exact) mass is 308 g/mol. The lowest BCUT2D eigenvalue weighted by Crippen LogP contribution is -1.98. The molecule has 0 saturated heterocycles. The van der Waals surface area contributed by atoms with Crippen LogP contribution in [-0.2, 0) is 6.42 Å². The number of aromatic nitrogens is 2. The van der Waals surface area contributed by atoms with E-state index in [0.717, 1.165) is 34.5 Å². The minimum Gasteiger partial charge on any atom is -0.233 e. The lowest BCUT2D eigenvalue weighted by atomic mass is 10.1. The summed E-state index contributed by atoms with van der Waals surface area (Å²) in [6, 6.07) is 6.86. The zero-order valence-electron chi connectivity index (χ0n) is 10.4. The highest BCUT2D eigenvalue weighted by atomic mass is 79.9. The van der Waals surface area contributed by atoms with Crippen molar-refractivity contribution >= 4 is 15.9 Å². The van der Waals surface area contributed by atoms with Crippen molar-refractivity contribution in [2.75, 3.05) is 0 Å². The van der Waals surface area contributed by atoms with Crippen LogP contribution < -0.4 is 0 Å². The highest BCUT2D eigenvalue weighted by Crippen LogP contribution is 2.25. The molecule has 0 saturated carbocycles. The molecular formula is C14H14BrFN2. The van der Waals surface area contributed by atoms with Gasteiger partial charge in [0, 0.05) is 12.0 Å². The molecule has 2 aromatic rings. The molecule has 0 atom stereocenters. The normalized spacial score (nSPS) is 10.7. The predicted octanol–water partition coefficient (Wildman–Crippen LogP) is 4.31. The van der Waals surface area contributed by atoms with Crippen molar-refractivity contribution in [2.24, 2.45) is 0 Å². The van der Waals surface area contributed by atoms with Crippen LogP contribution in [0.4, 0.5) is 4.39 Å². The van der Waals surface area contributed by atoms with Crippen molar-refractivity contribution in [3.63, 3.8) is 0 Å². The highest BCUT2D eigenvalue weighted by molar-refractivity contribution is 9.10. The number of hydrogen-bond donors (Lipinski definition) is 0. The van der Waals surface area contributed by atoms with Gasteiger partial charge in [0.1, 0.15) is 16.2 Å². The van der Waals surface area contributed by atoms with Crippen LogP contribution in [0.1, 0.15) is 24.7 Å². The number of nitrogens with zero attached hydrogens (tertiary/aromatic N) is 2. The molecular weight excluding hydrogens is 295 g/mol. The van der Waals surface area contributed by atoms with E-state index >= 15 is 0 Å². The largest absolute Gasteiger partial charge is 0.233 e. The van der Waals surface area contributed by atoms with E-state index in [1.165, 1.54) is 6.07 Å². The molecule has 1 heterocycles. The van der Waals surface area contributed by atoms with E-state index < -0.39 is 0 Å². The number of benzene rings is 1.